The van der Waals surface area contributed by atoms with E-state index in [1.165, 1.54) is 0 Å². The molecule has 4 heteroatoms. The molecule has 1 fully saturated rings. The van der Waals surface area contributed by atoms with Gasteiger partial charge in [0, 0.05) is 18.1 Å². The summed E-state index contributed by atoms with van der Waals surface area (Å²) in [7, 11) is 0. The second-order valence-electron chi connectivity index (χ2n) is 5.58. The summed E-state index contributed by atoms with van der Waals surface area (Å²) in [5.74, 6) is 0.206. The lowest BCUT2D eigenvalue weighted by Gasteiger charge is -2.10. The third-order valence-electron chi connectivity index (χ3n) is 3.94. The van der Waals surface area contributed by atoms with Crippen LogP contribution in [-0.4, -0.2) is 24.0 Å². The van der Waals surface area contributed by atoms with E-state index in [2.05, 4.69) is 15.6 Å². The Hall–Kier alpha value is -2.59. The Bertz CT molecular complexity index is 719. The first-order valence-corrected chi connectivity index (χ1v) is 7.92. The Balaban J connectivity index is 0.000000220. The average Bonchev–Trinajstić information content (AvgIpc) is 3.29. The van der Waals surface area contributed by atoms with Gasteiger partial charge in [-0.15, -0.1) is 0 Å². The molecule has 0 saturated carbocycles. The van der Waals surface area contributed by atoms with E-state index >= 15 is 0 Å². The maximum absolute atomic E-state index is 12.0. The molecule has 1 aliphatic heterocycles. The molecule has 1 atom stereocenters. The van der Waals surface area contributed by atoms with Crippen molar-refractivity contribution in [1.82, 2.24) is 10.3 Å². The third-order valence-corrected chi connectivity index (χ3v) is 3.94. The zero-order chi connectivity index (χ0) is 15.9. The molecule has 0 bridgehead atoms. The van der Waals surface area contributed by atoms with Gasteiger partial charge in [0.05, 0.1) is 17.1 Å². The molecule has 3 N–H and O–H groups in total. The van der Waals surface area contributed by atoms with Crippen LogP contribution in [0.15, 0.2) is 66.9 Å². The van der Waals surface area contributed by atoms with E-state index < -0.39 is 0 Å². The average molecular weight is 307 g/mol. The van der Waals surface area contributed by atoms with Crippen LogP contribution in [0.1, 0.15) is 6.42 Å². The number of hydrogen-bond acceptors (Lipinski definition) is 2. The lowest BCUT2D eigenvalue weighted by atomic mass is 10.1. The predicted octanol–water partition coefficient (Wildman–Crippen LogP) is 3.40. The number of rotatable bonds is 2. The van der Waals surface area contributed by atoms with Crippen molar-refractivity contribution in [3.05, 3.63) is 66.9 Å². The van der Waals surface area contributed by atoms with Gasteiger partial charge < -0.3 is 15.6 Å². The number of H-pyrrole nitrogens is 1. The molecule has 0 radical (unpaired) electrons. The number of fused-ring (bicyclic) bond motifs is 1. The summed E-state index contributed by atoms with van der Waals surface area (Å²) in [6, 6.07) is 19.9. The van der Waals surface area contributed by atoms with Crippen molar-refractivity contribution in [3.8, 4) is 0 Å². The van der Waals surface area contributed by atoms with Crippen LogP contribution in [0.3, 0.4) is 0 Å². The number of hydrogen-bond donors (Lipinski definition) is 3. The summed E-state index contributed by atoms with van der Waals surface area (Å²) in [4.78, 5) is 15.2. The van der Waals surface area contributed by atoms with Crippen LogP contribution in [0.25, 0.3) is 10.9 Å². The molecule has 0 spiro atoms. The van der Waals surface area contributed by atoms with Crippen LogP contribution >= 0.6 is 0 Å². The SMILES string of the molecule is O=C(Nc1cccc2cc[nH]c12)C1CCNC1.c1ccccc1. The molecule has 1 amide bonds. The lowest BCUT2D eigenvalue weighted by Crippen LogP contribution is -2.24. The van der Waals surface area contributed by atoms with Crippen molar-refractivity contribution in [1.29, 1.82) is 0 Å². The molecule has 2 heterocycles. The van der Waals surface area contributed by atoms with Crippen LogP contribution < -0.4 is 10.6 Å². The number of anilines is 1. The highest BCUT2D eigenvalue weighted by Crippen LogP contribution is 2.22. The molecular formula is C19H21N3O. The van der Waals surface area contributed by atoms with Gasteiger partial charge in [0.15, 0.2) is 0 Å². The van der Waals surface area contributed by atoms with Crippen molar-refractivity contribution in [2.24, 2.45) is 5.92 Å². The van der Waals surface area contributed by atoms with Gasteiger partial charge in [0.1, 0.15) is 0 Å². The number of aromatic amines is 1. The largest absolute Gasteiger partial charge is 0.359 e. The molecular weight excluding hydrogens is 286 g/mol. The molecule has 1 aliphatic rings. The Morgan fingerprint density at radius 2 is 1.74 bits per heavy atom. The van der Waals surface area contributed by atoms with Gasteiger partial charge in [-0.25, -0.2) is 0 Å². The normalized spacial score (nSPS) is 16.6. The van der Waals surface area contributed by atoms with E-state index in [9.17, 15) is 4.79 Å². The number of para-hydroxylation sites is 1. The first-order valence-electron chi connectivity index (χ1n) is 7.92. The van der Waals surface area contributed by atoms with Gasteiger partial charge in [0.25, 0.3) is 0 Å². The molecule has 4 rings (SSSR count). The van der Waals surface area contributed by atoms with Gasteiger partial charge in [-0.05, 0) is 25.1 Å². The number of nitrogens with one attached hydrogen (secondary N) is 3. The molecule has 1 unspecified atom stereocenters. The number of aromatic nitrogens is 1. The quantitative estimate of drug-likeness (QED) is 0.679. The Morgan fingerprint density at radius 3 is 2.39 bits per heavy atom. The topological polar surface area (TPSA) is 56.9 Å². The Morgan fingerprint density at radius 1 is 1.00 bits per heavy atom. The highest BCUT2D eigenvalue weighted by Gasteiger charge is 2.22. The molecule has 1 saturated heterocycles. The molecule has 0 aliphatic carbocycles. The van der Waals surface area contributed by atoms with E-state index in [1.807, 2.05) is 66.9 Å². The maximum atomic E-state index is 12.0. The molecule has 3 aromatic rings. The van der Waals surface area contributed by atoms with Gasteiger partial charge in [0.2, 0.25) is 5.91 Å². The standard InChI is InChI=1S/C13H15N3O.C6H6/c17-13(10-4-6-14-8-10)16-11-3-1-2-9-5-7-15-12(9)11;1-2-4-6-5-3-1/h1-3,5,7,10,14-15H,4,6,8H2,(H,16,17);1-6H. The predicted molar refractivity (Wildman–Crippen MR) is 94.3 cm³/mol. The van der Waals surface area contributed by atoms with E-state index in [-0.39, 0.29) is 11.8 Å². The van der Waals surface area contributed by atoms with Crippen LogP contribution in [-0.2, 0) is 4.79 Å². The smallest absolute Gasteiger partial charge is 0.228 e. The fourth-order valence-electron chi connectivity index (χ4n) is 2.69. The fraction of sp³-hybridized carbons (Fsp3) is 0.211. The maximum Gasteiger partial charge on any atom is 0.228 e. The van der Waals surface area contributed by atoms with Crippen LogP contribution in [0.5, 0.6) is 0 Å². The summed E-state index contributed by atoms with van der Waals surface area (Å²) in [6.07, 6.45) is 2.81. The van der Waals surface area contributed by atoms with Crippen LogP contribution in [0.4, 0.5) is 5.69 Å². The highest BCUT2D eigenvalue weighted by atomic mass is 16.1. The third kappa shape index (κ3) is 3.99. The zero-order valence-corrected chi connectivity index (χ0v) is 13.0. The minimum atomic E-state index is 0.0974. The Kier molecular flexibility index (Phi) is 5.06. The van der Waals surface area contributed by atoms with E-state index in [0.717, 1.165) is 36.1 Å². The van der Waals surface area contributed by atoms with Gasteiger partial charge in [-0.1, -0.05) is 48.5 Å². The number of carbonyl (C=O) groups is 1. The van der Waals surface area contributed by atoms with Crippen LogP contribution in [0.2, 0.25) is 0 Å². The van der Waals surface area contributed by atoms with E-state index in [0.29, 0.717) is 0 Å². The molecule has 2 aromatic carbocycles. The van der Waals surface area contributed by atoms with Crippen molar-refractivity contribution in [3.63, 3.8) is 0 Å². The molecule has 118 valence electrons. The van der Waals surface area contributed by atoms with Crippen molar-refractivity contribution in [2.75, 3.05) is 18.4 Å². The first kappa shape index (κ1) is 15.3. The second kappa shape index (κ2) is 7.61. The Labute approximate surface area is 135 Å². The highest BCUT2D eigenvalue weighted by molar-refractivity contribution is 6.01. The monoisotopic (exact) mass is 307 g/mol. The summed E-state index contributed by atoms with van der Waals surface area (Å²) in [5, 5.41) is 7.32. The molecule has 23 heavy (non-hydrogen) atoms. The zero-order valence-electron chi connectivity index (χ0n) is 13.0. The summed E-state index contributed by atoms with van der Waals surface area (Å²) < 4.78 is 0. The summed E-state index contributed by atoms with van der Waals surface area (Å²) in [5.41, 5.74) is 1.86. The lowest BCUT2D eigenvalue weighted by molar-refractivity contribution is -0.119. The van der Waals surface area contributed by atoms with Crippen LogP contribution in [0, 0.1) is 5.92 Å². The van der Waals surface area contributed by atoms with Crippen molar-refractivity contribution >= 4 is 22.5 Å². The summed E-state index contributed by atoms with van der Waals surface area (Å²) >= 11 is 0. The van der Waals surface area contributed by atoms with Crippen molar-refractivity contribution < 1.29 is 4.79 Å². The second-order valence-corrected chi connectivity index (χ2v) is 5.58. The van der Waals surface area contributed by atoms with Gasteiger partial charge in [-0.3, -0.25) is 4.79 Å². The van der Waals surface area contributed by atoms with Gasteiger partial charge >= 0.3 is 0 Å². The summed E-state index contributed by atoms with van der Waals surface area (Å²) in [6.45, 7) is 1.72. The van der Waals surface area contributed by atoms with E-state index in [1.54, 1.807) is 0 Å². The number of carbonyl (C=O) groups excluding carboxylic acids is 1. The minimum absolute atomic E-state index is 0.0974. The number of amides is 1. The first-order chi connectivity index (χ1) is 11.3. The number of benzene rings is 2. The van der Waals surface area contributed by atoms with E-state index in [4.69, 9.17) is 0 Å². The fourth-order valence-corrected chi connectivity index (χ4v) is 2.69. The van der Waals surface area contributed by atoms with Gasteiger partial charge in [-0.2, -0.15) is 0 Å². The molecule has 1 aromatic heterocycles. The minimum Gasteiger partial charge on any atom is -0.359 e. The molecule has 4 nitrogen and oxygen atoms in total. The van der Waals surface area contributed by atoms with Crippen molar-refractivity contribution in [2.45, 2.75) is 6.42 Å².